The smallest absolute Gasteiger partial charge is 0.407 e. The van der Waals surface area contributed by atoms with Crippen LogP contribution in [0.15, 0.2) is 48.5 Å². The summed E-state index contributed by atoms with van der Waals surface area (Å²) in [6, 6.07) is 14.4. The van der Waals surface area contributed by atoms with Gasteiger partial charge in [0.05, 0.1) is 0 Å². The number of piperidine rings is 1. The molecule has 1 aliphatic heterocycles. The van der Waals surface area contributed by atoms with Crippen molar-refractivity contribution in [2.24, 2.45) is 5.92 Å². The highest BCUT2D eigenvalue weighted by atomic mass is 16.5. The first-order chi connectivity index (χ1) is 17.0. The molecule has 3 aliphatic rings. The Labute approximate surface area is 205 Å². The summed E-state index contributed by atoms with van der Waals surface area (Å²) < 4.78 is 5.59. The zero-order valence-corrected chi connectivity index (χ0v) is 20.0. The topological polar surface area (TPSA) is 95.9 Å². The lowest BCUT2D eigenvalue weighted by Gasteiger charge is -2.47. The highest BCUT2D eigenvalue weighted by Gasteiger charge is 2.45. The van der Waals surface area contributed by atoms with Gasteiger partial charge < -0.3 is 20.1 Å². The number of ether oxygens (including phenoxy) is 1. The molecule has 0 aromatic heterocycles. The van der Waals surface area contributed by atoms with E-state index in [1.165, 1.54) is 0 Å². The van der Waals surface area contributed by atoms with Crippen molar-refractivity contribution in [3.63, 3.8) is 0 Å². The second-order valence-corrected chi connectivity index (χ2v) is 9.98. The zero-order chi connectivity index (χ0) is 24.5. The third kappa shape index (κ3) is 4.40. The Bertz CT molecular complexity index is 1090. The van der Waals surface area contributed by atoms with E-state index in [2.05, 4.69) is 29.6 Å². The first kappa shape index (κ1) is 23.4. The summed E-state index contributed by atoms with van der Waals surface area (Å²) in [5.74, 6) is -1.05. The second kappa shape index (κ2) is 9.72. The van der Waals surface area contributed by atoms with Crippen LogP contribution in [0.2, 0.25) is 0 Å². The molecule has 184 valence electrons. The number of amides is 2. The van der Waals surface area contributed by atoms with Crippen molar-refractivity contribution in [1.29, 1.82) is 0 Å². The van der Waals surface area contributed by atoms with Crippen molar-refractivity contribution >= 4 is 18.0 Å². The molecule has 1 heterocycles. The van der Waals surface area contributed by atoms with Gasteiger partial charge in [-0.3, -0.25) is 4.79 Å². The number of benzene rings is 2. The van der Waals surface area contributed by atoms with Crippen molar-refractivity contribution in [1.82, 2.24) is 10.2 Å². The van der Waals surface area contributed by atoms with Crippen LogP contribution in [-0.4, -0.2) is 52.7 Å². The average Bonchev–Trinajstić information content (AvgIpc) is 3.20. The first-order valence-electron chi connectivity index (χ1n) is 12.6. The van der Waals surface area contributed by atoms with Crippen LogP contribution in [0.4, 0.5) is 4.79 Å². The monoisotopic (exact) mass is 476 g/mol. The molecule has 1 saturated carbocycles. The maximum Gasteiger partial charge on any atom is 0.407 e. The van der Waals surface area contributed by atoms with Crippen LogP contribution in [0.3, 0.4) is 0 Å². The molecule has 5 rings (SSSR count). The number of carboxylic acid groups (broad SMARTS) is 1. The molecule has 2 aromatic rings. The van der Waals surface area contributed by atoms with Crippen molar-refractivity contribution in [2.75, 3.05) is 6.61 Å². The molecule has 2 aromatic carbocycles. The largest absolute Gasteiger partial charge is 0.480 e. The highest BCUT2D eigenvalue weighted by molar-refractivity contribution is 5.89. The maximum absolute atomic E-state index is 13.4. The number of likely N-dealkylation sites (tertiary alicyclic amines) is 1. The van der Waals surface area contributed by atoms with Gasteiger partial charge in [-0.2, -0.15) is 0 Å². The van der Waals surface area contributed by atoms with E-state index in [4.69, 9.17) is 4.74 Å². The Morgan fingerprint density at radius 1 is 0.971 bits per heavy atom. The van der Waals surface area contributed by atoms with Crippen LogP contribution < -0.4 is 5.32 Å². The average molecular weight is 477 g/mol. The van der Waals surface area contributed by atoms with Crippen LogP contribution in [0.1, 0.15) is 62.5 Å². The molecule has 2 N–H and O–H groups in total. The van der Waals surface area contributed by atoms with Gasteiger partial charge in [0.15, 0.2) is 0 Å². The Morgan fingerprint density at radius 2 is 1.60 bits per heavy atom. The molecule has 0 radical (unpaired) electrons. The Kier molecular flexibility index (Phi) is 6.50. The zero-order valence-electron chi connectivity index (χ0n) is 20.0. The summed E-state index contributed by atoms with van der Waals surface area (Å²) in [4.78, 5) is 39.6. The van der Waals surface area contributed by atoms with Gasteiger partial charge in [0.1, 0.15) is 18.7 Å². The predicted molar refractivity (Wildman–Crippen MR) is 131 cm³/mol. The summed E-state index contributed by atoms with van der Waals surface area (Å²) in [6.45, 7) is 1.77. The summed E-state index contributed by atoms with van der Waals surface area (Å²) in [5.41, 5.74) is 4.53. The minimum absolute atomic E-state index is 0.0689. The van der Waals surface area contributed by atoms with Crippen molar-refractivity contribution in [3.8, 4) is 11.1 Å². The van der Waals surface area contributed by atoms with E-state index in [0.29, 0.717) is 12.3 Å². The number of hydrogen-bond donors (Lipinski definition) is 2. The number of alkyl carbamates (subject to hydrolysis) is 1. The summed E-state index contributed by atoms with van der Waals surface area (Å²) in [5, 5.41) is 12.4. The van der Waals surface area contributed by atoms with Gasteiger partial charge in [0, 0.05) is 12.0 Å². The Morgan fingerprint density at radius 3 is 2.26 bits per heavy atom. The minimum atomic E-state index is -0.976. The van der Waals surface area contributed by atoms with Crippen molar-refractivity contribution in [2.45, 2.75) is 69.5 Å². The number of hydrogen-bond acceptors (Lipinski definition) is 4. The lowest BCUT2D eigenvalue weighted by molar-refractivity contribution is -0.159. The number of nitrogens with zero attached hydrogens (tertiary/aromatic N) is 1. The first-order valence-corrected chi connectivity index (χ1v) is 12.6. The van der Waals surface area contributed by atoms with E-state index in [9.17, 15) is 19.5 Å². The third-order valence-corrected chi connectivity index (χ3v) is 7.96. The van der Waals surface area contributed by atoms with Crippen LogP contribution in [0.25, 0.3) is 11.1 Å². The van der Waals surface area contributed by atoms with E-state index < -0.39 is 24.1 Å². The van der Waals surface area contributed by atoms with Gasteiger partial charge in [-0.25, -0.2) is 9.59 Å². The molecular weight excluding hydrogens is 444 g/mol. The van der Waals surface area contributed by atoms with E-state index in [1.807, 2.05) is 24.3 Å². The number of carbonyl (C=O) groups is 3. The molecule has 2 amide bonds. The van der Waals surface area contributed by atoms with Crippen molar-refractivity contribution in [3.05, 3.63) is 59.7 Å². The van der Waals surface area contributed by atoms with Crippen LogP contribution >= 0.6 is 0 Å². The summed E-state index contributed by atoms with van der Waals surface area (Å²) in [6.07, 6.45) is 4.57. The van der Waals surface area contributed by atoms with Gasteiger partial charge in [-0.15, -0.1) is 0 Å². The number of fused-ring (bicyclic) bond motifs is 4. The quantitative estimate of drug-likeness (QED) is 0.660. The SMILES string of the molecule is C[C@H](NC(=O)OCC1c2ccccc2-c2ccccc21)C(=O)N1C(C(=O)O)CCC2CCCCC21. The van der Waals surface area contributed by atoms with Crippen LogP contribution in [0.5, 0.6) is 0 Å². The molecule has 7 nitrogen and oxygen atoms in total. The lowest BCUT2D eigenvalue weighted by atomic mass is 9.76. The molecule has 4 atom stereocenters. The molecule has 2 fully saturated rings. The highest BCUT2D eigenvalue weighted by Crippen LogP contribution is 2.44. The van der Waals surface area contributed by atoms with Gasteiger partial charge in [-0.1, -0.05) is 61.4 Å². The summed E-state index contributed by atoms with van der Waals surface area (Å²) >= 11 is 0. The Hall–Kier alpha value is -3.35. The Balaban J connectivity index is 1.25. The van der Waals surface area contributed by atoms with Crippen LogP contribution in [-0.2, 0) is 14.3 Å². The van der Waals surface area contributed by atoms with E-state index in [0.717, 1.165) is 54.4 Å². The molecule has 3 unspecified atom stereocenters. The molecule has 0 bridgehead atoms. The van der Waals surface area contributed by atoms with E-state index in [-0.39, 0.29) is 24.5 Å². The number of aliphatic carboxylic acids is 1. The number of nitrogens with one attached hydrogen (secondary N) is 1. The molecule has 2 aliphatic carbocycles. The van der Waals surface area contributed by atoms with E-state index in [1.54, 1.807) is 11.8 Å². The van der Waals surface area contributed by atoms with Gasteiger partial charge in [0.25, 0.3) is 0 Å². The third-order valence-electron chi connectivity index (χ3n) is 7.96. The molecular formula is C28H32N2O5. The lowest BCUT2D eigenvalue weighted by Crippen LogP contribution is -2.61. The standard InChI is InChI=1S/C28H32N2O5/c1-17(26(31)30-24-13-7-2-8-18(24)14-15-25(30)27(32)33)29-28(34)35-16-23-21-11-5-3-9-19(21)20-10-4-6-12-22(20)23/h3-6,9-12,17-18,23-25H,2,7-8,13-16H2,1H3,(H,29,34)(H,32,33)/t17-,18?,24?,25?/m0/s1. The van der Waals surface area contributed by atoms with Gasteiger partial charge in [0.2, 0.25) is 5.91 Å². The normalized spacial score (nSPS) is 24.0. The van der Waals surface area contributed by atoms with Gasteiger partial charge in [-0.05, 0) is 60.8 Å². The van der Waals surface area contributed by atoms with Crippen molar-refractivity contribution < 1.29 is 24.2 Å². The fraction of sp³-hybridized carbons (Fsp3) is 0.464. The second-order valence-electron chi connectivity index (χ2n) is 9.98. The van der Waals surface area contributed by atoms with Gasteiger partial charge >= 0.3 is 12.1 Å². The maximum atomic E-state index is 13.4. The van der Waals surface area contributed by atoms with Crippen LogP contribution in [0, 0.1) is 5.92 Å². The minimum Gasteiger partial charge on any atom is -0.480 e. The fourth-order valence-corrected chi connectivity index (χ4v) is 6.29. The summed E-state index contributed by atoms with van der Waals surface area (Å²) in [7, 11) is 0. The number of carboxylic acids is 1. The molecule has 0 spiro atoms. The number of carbonyl (C=O) groups excluding carboxylic acids is 2. The molecule has 7 heteroatoms. The predicted octanol–water partition coefficient (Wildman–Crippen LogP) is 4.55. The molecule has 35 heavy (non-hydrogen) atoms. The number of rotatable bonds is 5. The van der Waals surface area contributed by atoms with E-state index >= 15 is 0 Å². The fourth-order valence-electron chi connectivity index (χ4n) is 6.29. The molecule has 1 saturated heterocycles.